The lowest BCUT2D eigenvalue weighted by Gasteiger charge is -2.03. The van der Waals surface area contributed by atoms with E-state index in [0.717, 1.165) is 36.9 Å². The fourth-order valence-electron chi connectivity index (χ4n) is 1.62. The molecule has 5 nitrogen and oxygen atoms in total. The Morgan fingerprint density at radius 1 is 1.41 bits per heavy atom. The summed E-state index contributed by atoms with van der Waals surface area (Å²) in [6, 6.07) is 0. The van der Waals surface area contributed by atoms with Crippen molar-refractivity contribution in [3.05, 3.63) is 36.1 Å². The number of rotatable bonds is 6. The first-order chi connectivity index (χ1) is 8.25. The molecule has 1 N–H and O–H groups in total. The first-order valence-corrected chi connectivity index (χ1v) is 5.85. The van der Waals surface area contributed by atoms with Crippen LogP contribution in [-0.2, 0) is 13.1 Å². The lowest BCUT2D eigenvalue weighted by Crippen LogP contribution is -2.16. The molecular weight excluding hydrogens is 216 g/mol. The molecule has 0 spiro atoms. The molecule has 0 saturated heterocycles. The number of hydrogen-bond acceptors (Lipinski definition) is 4. The maximum Gasteiger partial charge on any atom is 0.208 e. The van der Waals surface area contributed by atoms with E-state index in [2.05, 4.69) is 19.9 Å². The highest BCUT2D eigenvalue weighted by atomic mass is 16.4. The normalized spacial score (nSPS) is 10.9. The highest BCUT2D eigenvalue weighted by Crippen LogP contribution is 2.07. The van der Waals surface area contributed by atoms with Gasteiger partial charge in [0.2, 0.25) is 5.89 Å². The summed E-state index contributed by atoms with van der Waals surface area (Å²) in [6.45, 7) is 6.51. The SMILES string of the molecule is Cc1nc(CNCCCn2ccnc2)oc1C. The summed E-state index contributed by atoms with van der Waals surface area (Å²) < 4.78 is 7.55. The van der Waals surface area contributed by atoms with Gasteiger partial charge in [0.05, 0.1) is 18.6 Å². The van der Waals surface area contributed by atoms with E-state index >= 15 is 0 Å². The second kappa shape index (κ2) is 5.63. The minimum absolute atomic E-state index is 0.693. The maximum atomic E-state index is 5.48. The summed E-state index contributed by atoms with van der Waals surface area (Å²) in [5, 5.41) is 3.31. The van der Waals surface area contributed by atoms with Crippen LogP contribution in [0.2, 0.25) is 0 Å². The van der Waals surface area contributed by atoms with Crippen LogP contribution in [0.15, 0.2) is 23.1 Å². The molecular formula is C12H18N4O. The molecule has 0 saturated carbocycles. The van der Waals surface area contributed by atoms with Crippen molar-refractivity contribution in [1.29, 1.82) is 0 Å². The molecule has 0 aliphatic heterocycles. The maximum absolute atomic E-state index is 5.48. The lowest BCUT2D eigenvalue weighted by atomic mass is 10.4. The van der Waals surface area contributed by atoms with E-state index < -0.39 is 0 Å². The Morgan fingerprint density at radius 3 is 2.94 bits per heavy atom. The molecule has 0 radical (unpaired) electrons. The molecule has 5 heteroatoms. The molecule has 0 bridgehead atoms. The van der Waals surface area contributed by atoms with Gasteiger partial charge in [-0.15, -0.1) is 0 Å². The van der Waals surface area contributed by atoms with Crippen LogP contribution in [0, 0.1) is 13.8 Å². The Labute approximate surface area is 101 Å². The topological polar surface area (TPSA) is 55.9 Å². The molecule has 2 aromatic rings. The van der Waals surface area contributed by atoms with Crippen molar-refractivity contribution >= 4 is 0 Å². The van der Waals surface area contributed by atoms with Gasteiger partial charge < -0.3 is 14.3 Å². The van der Waals surface area contributed by atoms with Crippen molar-refractivity contribution in [2.75, 3.05) is 6.54 Å². The Balaban J connectivity index is 1.63. The van der Waals surface area contributed by atoms with Crippen LogP contribution in [-0.4, -0.2) is 21.1 Å². The van der Waals surface area contributed by atoms with Gasteiger partial charge in [-0.2, -0.15) is 0 Å². The van der Waals surface area contributed by atoms with Crippen LogP contribution in [0.3, 0.4) is 0 Å². The van der Waals surface area contributed by atoms with Crippen molar-refractivity contribution < 1.29 is 4.42 Å². The highest BCUT2D eigenvalue weighted by molar-refractivity contribution is 5.04. The molecule has 0 aromatic carbocycles. The van der Waals surface area contributed by atoms with Crippen molar-refractivity contribution in [3.8, 4) is 0 Å². The highest BCUT2D eigenvalue weighted by Gasteiger charge is 2.03. The second-order valence-corrected chi connectivity index (χ2v) is 4.08. The Bertz CT molecular complexity index is 428. The minimum Gasteiger partial charge on any atom is -0.444 e. The van der Waals surface area contributed by atoms with Crippen LogP contribution >= 0.6 is 0 Å². The first kappa shape index (κ1) is 11.9. The number of nitrogens with one attached hydrogen (secondary N) is 1. The van der Waals surface area contributed by atoms with Gasteiger partial charge in [0.25, 0.3) is 0 Å². The molecule has 0 atom stereocenters. The van der Waals surface area contributed by atoms with E-state index in [4.69, 9.17) is 4.42 Å². The number of hydrogen-bond donors (Lipinski definition) is 1. The Hall–Kier alpha value is -1.62. The summed E-state index contributed by atoms with van der Waals surface area (Å²) in [5.74, 6) is 1.67. The third-order valence-corrected chi connectivity index (χ3v) is 2.68. The van der Waals surface area contributed by atoms with Gasteiger partial charge in [-0.05, 0) is 26.8 Å². The third kappa shape index (κ3) is 3.42. The van der Waals surface area contributed by atoms with Crippen molar-refractivity contribution in [1.82, 2.24) is 19.9 Å². The molecule has 0 aliphatic carbocycles. The monoisotopic (exact) mass is 234 g/mol. The average Bonchev–Trinajstić information content (AvgIpc) is 2.90. The zero-order valence-corrected chi connectivity index (χ0v) is 10.3. The van der Waals surface area contributed by atoms with E-state index in [9.17, 15) is 0 Å². The standard InChI is InChI=1S/C12H18N4O/c1-10-11(2)17-12(15-10)8-13-4-3-6-16-7-5-14-9-16/h5,7,9,13H,3-4,6,8H2,1-2H3. The quantitative estimate of drug-likeness (QED) is 0.772. The van der Waals surface area contributed by atoms with E-state index in [1.54, 1.807) is 6.20 Å². The zero-order chi connectivity index (χ0) is 12.1. The zero-order valence-electron chi connectivity index (χ0n) is 10.3. The predicted molar refractivity (Wildman–Crippen MR) is 64.5 cm³/mol. The van der Waals surface area contributed by atoms with Crippen molar-refractivity contribution in [3.63, 3.8) is 0 Å². The number of nitrogens with zero attached hydrogens (tertiary/aromatic N) is 3. The van der Waals surface area contributed by atoms with Crippen LogP contribution in [0.25, 0.3) is 0 Å². The molecule has 2 rings (SSSR count). The van der Waals surface area contributed by atoms with Gasteiger partial charge in [-0.1, -0.05) is 0 Å². The Morgan fingerprint density at radius 2 is 2.29 bits per heavy atom. The molecule has 0 amide bonds. The number of aromatic nitrogens is 3. The number of oxazole rings is 1. The lowest BCUT2D eigenvalue weighted by molar-refractivity contribution is 0.444. The summed E-state index contributed by atoms with van der Waals surface area (Å²) in [7, 11) is 0. The van der Waals surface area contributed by atoms with Gasteiger partial charge in [0.15, 0.2) is 0 Å². The van der Waals surface area contributed by atoms with Crippen molar-refractivity contribution in [2.45, 2.75) is 33.4 Å². The number of imidazole rings is 1. The summed E-state index contributed by atoms with van der Waals surface area (Å²) >= 11 is 0. The van der Waals surface area contributed by atoms with E-state index in [1.165, 1.54) is 0 Å². The number of aryl methyl sites for hydroxylation is 3. The molecule has 0 unspecified atom stereocenters. The largest absolute Gasteiger partial charge is 0.444 e. The van der Waals surface area contributed by atoms with Crippen LogP contribution in [0.4, 0.5) is 0 Å². The van der Waals surface area contributed by atoms with Gasteiger partial charge in [0, 0.05) is 18.9 Å². The second-order valence-electron chi connectivity index (χ2n) is 4.08. The van der Waals surface area contributed by atoms with E-state index in [1.807, 2.05) is 26.4 Å². The van der Waals surface area contributed by atoms with Gasteiger partial charge in [-0.25, -0.2) is 9.97 Å². The fourth-order valence-corrected chi connectivity index (χ4v) is 1.62. The van der Waals surface area contributed by atoms with Crippen molar-refractivity contribution in [2.24, 2.45) is 0 Å². The first-order valence-electron chi connectivity index (χ1n) is 5.85. The van der Waals surface area contributed by atoms with Gasteiger partial charge in [-0.3, -0.25) is 0 Å². The minimum atomic E-state index is 0.693. The predicted octanol–water partition coefficient (Wildman–Crippen LogP) is 1.67. The van der Waals surface area contributed by atoms with E-state index in [0.29, 0.717) is 6.54 Å². The van der Waals surface area contributed by atoms with Gasteiger partial charge >= 0.3 is 0 Å². The fraction of sp³-hybridized carbons (Fsp3) is 0.500. The molecule has 0 fully saturated rings. The van der Waals surface area contributed by atoms with E-state index in [-0.39, 0.29) is 0 Å². The smallest absolute Gasteiger partial charge is 0.208 e. The molecule has 92 valence electrons. The summed E-state index contributed by atoms with van der Waals surface area (Å²) in [4.78, 5) is 8.31. The summed E-state index contributed by atoms with van der Waals surface area (Å²) in [6.07, 6.45) is 6.67. The average molecular weight is 234 g/mol. The van der Waals surface area contributed by atoms with Crippen LogP contribution in [0.1, 0.15) is 23.8 Å². The Kier molecular flexibility index (Phi) is 3.93. The molecule has 2 aromatic heterocycles. The van der Waals surface area contributed by atoms with Crippen LogP contribution in [0.5, 0.6) is 0 Å². The summed E-state index contributed by atoms with van der Waals surface area (Å²) in [5.41, 5.74) is 0.972. The third-order valence-electron chi connectivity index (χ3n) is 2.68. The molecule has 2 heterocycles. The van der Waals surface area contributed by atoms with Gasteiger partial charge in [0.1, 0.15) is 5.76 Å². The van der Waals surface area contributed by atoms with Crippen LogP contribution < -0.4 is 5.32 Å². The molecule has 0 aliphatic rings. The molecule has 17 heavy (non-hydrogen) atoms.